The van der Waals surface area contributed by atoms with Crippen molar-refractivity contribution in [3.8, 4) is 11.8 Å². The zero-order valence-corrected chi connectivity index (χ0v) is 18.7. The maximum atomic E-state index is 15.2. The Morgan fingerprint density at radius 3 is 2.73 bits per heavy atom. The number of piperidine rings is 1. The lowest BCUT2D eigenvalue weighted by Gasteiger charge is -2.39. The number of hydrogen-bond donors (Lipinski definition) is 1. The van der Waals surface area contributed by atoms with Crippen LogP contribution in [0.3, 0.4) is 0 Å². The number of benzene rings is 1. The van der Waals surface area contributed by atoms with Gasteiger partial charge in [-0.25, -0.2) is 4.39 Å². The largest absolute Gasteiger partial charge is 0.497 e. The van der Waals surface area contributed by atoms with Gasteiger partial charge in [0.15, 0.2) is 0 Å². The van der Waals surface area contributed by atoms with E-state index in [9.17, 15) is 14.9 Å². The van der Waals surface area contributed by atoms with E-state index in [1.807, 2.05) is 22.9 Å². The molecule has 172 valence electrons. The van der Waals surface area contributed by atoms with E-state index >= 15 is 4.39 Å². The zero-order valence-electron chi connectivity index (χ0n) is 18.7. The lowest BCUT2D eigenvalue weighted by molar-refractivity contribution is -0.123. The van der Waals surface area contributed by atoms with Gasteiger partial charge in [-0.1, -0.05) is 0 Å². The highest BCUT2D eigenvalue weighted by atomic mass is 19.1. The predicted octanol–water partition coefficient (Wildman–Crippen LogP) is 1.71. The molecule has 33 heavy (non-hydrogen) atoms. The molecule has 3 aliphatic rings. The molecular weight excluding hydrogens is 427 g/mol. The summed E-state index contributed by atoms with van der Waals surface area (Å²) in [6.07, 6.45) is 2.31. The van der Waals surface area contributed by atoms with Crippen LogP contribution < -0.4 is 25.0 Å². The molecule has 1 aromatic carbocycles. The molecule has 4 heterocycles. The number of anilines is 3. The number of fused-ring (bicyclic) bond motifs is 3. The first-order valence-electron chi connectivity index (χ1n) is 11.1. The standard InChI is InChI=1S/C23H25FN6O3/c1-28-8-3-4-15-19(28)26-22(27-20(15)31)29-9-5-23(6-10-29)18-16(24)12-14(33-2)13-17(18)30(11-7-25)21(23)32/h12-13H,3-6,8-11H2,1-2H3,(H,26,27,31). The van der Waals surface area contributed by atoms with Crippen LogP contribution in [0.1, 0.15) is 30.4 Å². The minimum absolute atomic E-state index is 0.137. The summed E-state index contributed by atoms with van der Waals surface area (Å²) in [7, 11) is 3.36. The molecule has 0 saturated carbocycles. The van der Waals surface area contributed by atoms with Crippen LogP contribution in [0.25, 0.3) is 0 Å². The number of rotatable bonds is 3. The smallest absolute Gasteiger partial charge is 0.257 e. The van der Waals surface area contributed by atoms with Gasteiger partial charge in [-0.3, -0.25) is 19.5 Å². The number of hydrogen-bond acceptors (Lipinski definition) is 7. The van der Waals surface area contributed by atoms with Crippen molar-refractivity contribution in [2.45, 2.75) is 31.1 Å². The van der Waals surface area contributed by atoms with E-state index in [0.717, 1.165) is 13.0 Å². The van der Waals surface area contributed by atoms with E-state index in [4.69, 9.17) is 9.72 Å². The van der Waals surface area contributed by atoms with Crippen LogP contribution in [0, 0.1) is 17.1 Å². The molecule has 1 N–H and O–H groups in total. The van der Waals surface area contributed by atoms with Gasteiger partial charge in [-0.15, -0.1) is 0 Å². The quantitative estimate of drug-likeness (QED) is 0.707. The normalized spacial score (nSPS) is 18.8. The fraction of sp³-hybridized carbons (Fsp3) is 0.478. The first kappa shape index (κ1) is 21.2. The summed E-state index contributed by atoms with van der Waals surface area (Å²) in [5.74, 6) is 0.695. The molecule has 1 spiro atoms. The molecule has 0 unspecified atom stereocenters. The zero-order chi connectivity index (χ0) is 23.3. The van der Waals surface area contributed by atoms with Gasteiger partial charge < -0.3 is 14.5 Å². The molecule has 0 atom stereocenters. The average Bonchev–Trinajstić information content (AvgIpc) is 3.03. The SMILES string of the molecule is COc1cc(F)c2c(c1)N(CC#N)C(=O)C21CCN(c2nc3c(c(=O)[nH]2)CCCN3C)CC1. The number of nitrogens with one attached hydrogen (secondary N) is 1. The van der Waals surface area contributed by atoms with Crippen molar-refractivity contribution in [3.05, 3.63) is 39.4 Å². The predicted molar refractivity (Wildman–Crippen MR) is 120 cm³/mol. The maximum absolute atomic E-state index is 15.2. The number of methoxy groups -OCH3 is 1. The minimum Gasteiger partial charge on any atom is -0.497 e. The molecule has 10 heteroatoms. The van der Waals surface area contributed by atoms with Gasteiger partial charge in [0.25, 0.3) is 5.56 Å². The summed E-state index contributed by atoms with van der Waals surface area (Å²) in [4.78, 5) is 39.0. The molecule has 1 aromatic heterocycles. The first-order valence-corrected chi connectivity index (χ1v) is 11.1. The average molecular weight is 452 g/mol. The van der Waals surface area contributed by atoms with Crippen molar-refractivity contribution >= 4 is 23.4 Å². The number of amides is 1. The summed E-state index contributed by atoms with van der Waals surface area (Å²) in [6.45, 7) is 1.52. The highest BCUT2D eigenvalue weighted by molar-refractivity contribution is 6.09. The van der Waals surface area contributed by atoms with Crippen molar-refractivity contribution in [3.63, 3.8) is 0 Å². The lowest BCUT2D eigenvalue weighted by Crippen LogP contribution is -2.49. The fourth-order valence-corrected chi connectivity index (χ4v) is 5.40. The highest BCUT2D eigenvalue weighted by Gasteiger charge is 2.54. The number of carbonyl (C=O) groups excluding carboxylic acids is 1. The molecule has 1 saturated heterocycles. The van der Waals surface area contributed by atoms with Crippen LogP contribution in [0.2, 0.25) is 0 Å². The number of halogens is 1. The Kier molecular flexibility index (Phi) is 5.00. The minimum atomic E-state index is -1.05. The Morgan fingerprint density at radius 2 is 2.03 bits per heavy atom. The lowest BCUT2D eigenvalue weighted by atomic mass is 9.73. The number of aromatic nitrogens is 2. The van der Waals surface area contributed by atoms with Gasteiger partial charge in [0.1, 0.15) is 23.9 Å². The summed E-state index contributed by atoms with van der Waals surface area (Å²) < 4.78 is 20.4. The summed E-state index contributed by atoms with van der Waals surface area (Å²) in [5, 5.41) is 9.26. The molecule has 0 aliphatic carbocycles. The Hall–Kier alpha value is -3.61. The van der Waals surface area contributed by atoms with E-state index in [1.54, 1.807) is 6.07 Å². The van der Waals surface area contributed by atoms with E-state index in [0.29, 0.717) is 66.7 Å². The number of aromatic amines is 1. The number of H-pyrrole nitrogens is 1. The van der Waals surface area contributed by atoms with E-state index in [1.165, 1.54) is 18.1 Å². The van der Waals surface area contributed by atoms with Crippen molar-refractivity contribution in [2.24, 2.45) is 0 Å². The molecule has 3 aliphatic heterocycles. The summed E-state index contributed by atoms with van der Waals surface area (Å²) in [6, 6.07) is 4.92. The highest BCUT2D eigenvalue weighted by Crippen LogP contribution is 2.50. The van der Waals surface area contributed by atoms with Gasteiger partial charge in [-0.05, 0) is 25.7 Å². The van der Waals surface area contributed by atoms with Crippen LogP contribution in [-0.2, 0) is 16.6 Å². The Balaban J connectivity index is 1.48. The third-order valence-electron chi connectivity index (χ3n) is 7.11. The van der Waals surface area contributed by atoms with Gasteiger partial charge >= 0.3 is 0 Å². The third-order valence-corrected chi connectivity index (χ3v) is 7.11. The second-order valence-corrected chi connectivity index (χ2v) is 8.84. The molecule has 0 bridgehead atoms. The fourth-order valence-electron chi connectivity index (χ4n) is 5.40. The monoisotopic (exact) mass is 452 g/mol. The molecule has 2 aromatic rings. The topological polar surface area (TPSA) is 106 Å². The second-order valence-electron chi connectivity index (χ2n) is 8.84. The van der Waals surface area contributed by atoms with Crippen molar-refractivity contribution in [1.29, 1.82) is 5.26 Å². The number of nitrogens with zero attached hydrogens (tertiary/aromatic N) is 5. The van der Waals surface area contributed by atoms with Crippen LogP contribution in [0.15, 0.2) is 16.9 Å². The molecular formula is C23H25FN6O3. The Labute approximate surface area is 190 Å². The van der Waals surface area contributed by atoms with E-state index in [2.05, 4.69) is 4.98 Å². The van der Waals surface area contributed by atoms with Crippen LogP contribution >= 0.6 is 0 Å². The molecule has 5 rings (SSSR count). The van der Waals surface area contributed by atoms with Gasteiger partial charge in [0, 0.05) is 44.4 Å². The van der Waals surface area contributed by atoms with E-state index < -0.39 is 11.2 Å². The number of ether oxygens (including phenoxy) is 1. The second kappa shape index (κ2) is 7.76. The number of nitriles is 1. The maximum Gasteiger partial charge on any atom is 0.257 e. The van der Waals surface area contributed by atoms with Crippen LogP contribution in [0.4, 0.5) is 21.8 Å². The Morgan fingerprint density at radius 1 is 1.27 bits per heavy atom. The molecule has 9 nitrogen and oxygen atoms in total. The summed E-state index contributed by atoms with van der Waals surface area (Å²) in [5.41, 5.74) is 0.236. The van der Waals surface area contributed by atoms with Crippen LogP contribution in [0.5, 0.6) is 5.75 Å². The first-order chi connectivity index (χ1) is 15.9. The van der Waals surface area contributed by atoms with E-state index in [-0.39, 0.29) is 18.0 Å². The van der Waals surface area contributed by atoms with Gasteiger partial charge in [0.2, 0.25) is 11.9 Å². The molecule has 1 amide bonds. The van der Waals surface area contributed by atoms with Crippen molar-refractivity contribution < 1.29 is 13.9 Å². The third kappa shape index (κ3) is 3.14. The van der Waals surface area contributed by atoms with Crippen LogP contribution in [-0.4, -0.2) is 56.2 Å². The Bertz CT molecular complexity index is 1230. The molecule has 0 radical (unpaired) electrons. The van der Waals surface area contributed by atoms with Crippen molar-refractivity contribution in [2.75, 3.05) is 55.0 Å². The summed E-state index contributed by atoms with van der Waals surface area (Å²) >= 11 is 0. The molecule has 1 fully saturated rings. The van der Waals surface area contributed by atoms with Gasteiger partial charge in [-0.2, -0.15) is 10.2 Å². The van der Waals surface area contributed by atoms with Crippen molar-refractivity contribution in [1.82, 2.24) is 9.97 Å². The van der Waals surface area contributed by atoms with Gasteiger partial charge in [0.05, 0.1) is 29.8 Å². The number of carbonyl (C=O) groups is 1.